The van der Waals surface area contributed by atoms with Gasteiger partial charge in [0.25, 0.3) is 0 Å². The minimum Gasteiger partial charge on any atom is -0.276 e. The molecule has 0 unspecified atom stereocenters. The van der Waals surface area contributed by atoms with Crippen molar-refractivity contribution in [2.45, 2.75) is 19.8 Å². The maximum absolute atomic E-state index is 5.89. The first-order valence-corrected chi connectivity index (χ1v) is 5.00. The van der Waals surface area contributed by atoms with E-state index in [2.05, 4.69) is 4.99 Å². The first-order chi connectivity index (χ1) is 5.70. The molecular formula is C9H13Cl2N. The number of alkyl halides is 1. The smallest absolute Gasteiger partial charge is 0.126 e. The second-order valence-corrected chi connectivity index (χ2v) is 3.70. The van der Waals surface area contributed by atoms with E-state index in [1.807, 2.05) is 6.92 Å². The average molecular weight is 206 g/mol. The van der Waals surface area contributed by atoms with Crippen LogP contribution in [0.1, 0.15) is 19.8 Å². The lowest BCUT2D eigenvalue weighted by atomic mass is 10.1. The molecule has 0 heterocycles. The summed E-state index contributed by atoms with van der Waals surface area (Å²) in [5.41, 5.74) is 2.34. The first kappa shape index (κ1) is 10.1. The minimum absolute atomic E-state index is 0.586. The van der Waals surface area contributed by atoms with Crippen molar-refractivity contribution >= 4 is 28.4 Å². The summed E-state index contributed by atoms with van der Waals surface area (Å²) in [5.74, 6) is 1.26. The van der Waals surface area contributed by atoms with Crippen LogP contribution in [0, 0.1) is 5.92 Å². The number of aliphatic imine (C=N–C) groups is 1. The van der Waals surface area contributed by atoms with Gasteiger partial charge in [-0.3, -0.25) is 4.99 Å². The van der Waals surface area contributed by atoms with Gasteiger partial charge < -0.3 is 0 Å². The van der Waals surface area contributed by atoms with Crippen molar-refractivity contribution in [1.29, 1.82) is 0 Å². The molecule has 0 aromatic heterocycles. The van der Waals surface area contributed by atoms with E-state index in [9.17, 15) is 0 Å². The third-order valence-electron chi connectivity index (χ3n) is 2.20. The number of nitrogens with zero attached hydrogens (tertiary/aromatic N) is 1. The summed E-state index contributed by atoms with van der Waals surface area (Å²) in [6.07, 6.45) is 2.51. The maximum atomic E-state index is 5.89. The van der Waals surface area contributed by atoms with E-state index in [4.69, 9.17) is 23.2 Å². The molecule has 1 saturated carbocycles. The van der Waals surface area contributed by atoms with Gasteiger partial charge in [-0.25, -0.2) is 0 Å². The van der Waals surface area contributed by atoms with Crippen molar-refractivity contribution in [3.8, 4) is 0 Å². The summed E-state index contributed by atoms with van der Waals surface area (Å²) >= 11 is 11.7. The van der Waals surface area contributed by atoms with Gasteiger partial charge in [0, 0.05) is 12.9 Å². The normalized spacial score (nSPS) is 20.8. The van der Waals surface area contributed by atoms with E-state index in [1.54, 1.807) is 7.05 Å². The molecule has 1 aliphatic carbocycles. The summed E-state index contributed by atoms with van der Waals surface area (Å²) in [7, 11) is 1.70. The highest BCUT2D eigenvalue weighted by molar-refractivity contribution is 6.69. The fourth-order valence-electron chi connectivity index (χ4n) is 1.25. The number of allylic oxidation sites excluding steroid dienone is 2. The van der Waals surface area contributed by atoms with Gasteiger partial charge >= 0.3 is 0 Å². The van der Waals surface area contributed by atoms with E-state index in [-0.39, 0.29) is 0 Å². The van der Waals surface area contributed by atoms with E-state index in [1.165, 1.54) is 18.4 Å². The topological polar surface area (TPSA) is 12.4 Å². The predicted molar refractivity (Wildman–Crippen MR) is 55.4 cm³/mol. The van der Waals surface area contributed by atoms with Gasteiger partial charge in [0.15, 0.2) is 0 Å². The van der Waals surface area contributed by atoms with Crippen LogP contribution in [0.5, 0.6) is 0 Å². The lowest BCUT2D eigenvalue weighted by Crippen LogP contribution is -1.99. The number of hydrogen-bond acceptors (Lipinski definition) is 1. The zero-order chi connectivity index (χ0) is 9.14. The fraction of sp³-hybridized carbons (Fsp3) is 0.667. The lowest BCUT2D eigenvalue weighted by molar-refractivity contribution is 0.994. The molecule has 0 aromatic carbocycles. The van der Waals surface area contributed by atoms with Gasteiger partial charge in [0.05, 0.1) is 0 Å². The van der Waals surface area contributed by atoms with Crippen molar-refractivity contribution < 1.29 is 0 Å². The Bertz CT molecular complexity index is 227. The molecule has 1 nitrogen and oxygen atoms in total. The molecule has 0 saturated heterocycles. The van der Waals surface area contributed by atoms with Gasteiger partial charge in [-0.15, -0.1) is 11.6 Å². The molecule has 0 atom stereocenters. The molecule has 1 fully saturated rings. The van der Waals surface area contributed by atoms with Gasteiger partial charge in [0.2, 0.25) is 0 Å². The second-order valence-electron chi connectivity index (χ2n) is 3.07. The fourth-order valence-corrected chi connectivity index (χ4v) is 1.79. The summed E-state index contributed by atoms with van der Waals surface area (Å²) in [6, 6.07) is 0. The van der Waals surface area contributed by atoms with Crippen LogP contribution in [-0.4, -0.2) is 18.1 Å². The SMILES string of the molecule is C/N=C(Cl)\C(C)=C(/CCl)C1CC1. The van der Waals surface area contributed by atoms with Crippen molar-refractivity contribution in [2.75, 3.05) is 12.9 Å². The Hall–Kier alpha value is -0.0100. The van der Waals surface area contributed by atoms with Gasteiger partial charge in [0.1, 0.15) is 5.17 Å². The molecule has 0 N–H and O–H groups in total. The first-order valence-electron chi connectivity index (χ1n) is 4.09. The molecule has 68 valence electrons. The molecular weight excluding hydrogens is 193 g/mol. The van der Waals surface area contributed by atoms with Crippen LogP contribution in [0.15, 0.2) is 16.1 Å². The van der Waals surface area contributed by atoms with Crippen molar-refractivity contribution in [2.24, 2.45) is 10.9 Å². The van der Waals surface area contributed by atoms with Crippen molar-refractivity contribution in [3.05, 3.63) is 11.1 Å². The van der Waals surface area contributed by atoms with E-state index >= 15 is 0 Å². The zero-order valence-corrected chi connectivity index (χ0v) is 8.91. The molecule has 3 heteroatoms. The molecule has 1 rings (SSSR count). The van der Waals surface area contributed by atoms with Gasteiger partial charge in [-0.1, -0.05) is 11.6 Å². The summed E-state index contributed by atoms with van der Waals surface area (Å²) in [4.78, 5) is 3.93. The number of rotatable bonds is 3. The quantitative estimate of drug-likeness (QED) is 0.496. The van der Waals surface area contributed by atoms with Crippen molar-refractivity contribution in [1.82, 2.24) is 0 Å². The lowest BCUT2D eigenvalue weighted by Gasteiger charge is -2.05. The summed E-state index contributed by atoms with van der Waals surface area (Å²) in [5, 5.41) is 0.595. The van der Waals surface area contributed by atoms with Gasteiger partial charge in [-0.05, 0) is 36.8 Å². The summed E-state index contributed by atoms with van der Waals surface area (Å²) < 4.78 is 0. The zero-order valence-electron chi connectivity index (χ0n) is 7.40. The standard InChI is InChI=1S/C9H13Cl2N/c1-6(9(11)12-2)8(5-10)7-3-4-7/h7H,3-5H2,1-2H3/b8-6+,12-9+. The minimum atomic E-state index is 0.586. The predicted octanol–water partition coefficient (Wildman–Crippen LogP) is 3.22. The highest BCUT2D eigenvalue weighted by Crippen LogP contribution is 2.38. The third kappa shape index (κ3) is 2.24. The van der Waals surface area contributed by atoms with Crippen LogP contribution in [0.3, 0.4) is 0 Å². The Labute approximate surface area is 83.5 Å². The molecule has 0 aliphatic heterocycles. The number of hydrogen-bond donors (Lipinski definition) is 0. The van der Waals surface area contributed by atoms with Gasteiger partial charge in [-0.2, -0.15) is 0 Å². The van der Waals surface area contributed by atoms with Crippen LogP contribution in [0.2, 0.25) is 0 Å². The Kier molecular flexibility index (Phi) is 3.60. The number of halogens is 2. The van der Waals surface area contributed by atoms with Crippen LogP contribution in [-0.2, 0) is 0 Å². The molecule has 0 aromatic rings. The largest absolute Gasteiger partial charge is 0.276 e. The van der Waals surface area contributed by atoms with E-state index in [0.29, 0.717) is 17.0 Å². The van der Waals surface area contributed by atoms with Crippen molar-refractivity contribution in [3.63, 3.8) is 0 Å². The molecule has 12 heavy (non-hydrogen) atoms. The molecule has 0 bridgehead atoms. The van der Waals surface area contributed by atoms with Crippen LogP contribution >= 0.6 is 23.2 Å². The Balaban J connectivity index is 2.82. The highest BCUT2D eigenvalue weighted by atomic mass is 35.5. The second kappa shape index (κ2) is 4.29. The molecule has 0 amide bonds. The Morgan fingerprint density at radius 2 is 2.08 bits per heavy atom. The van der Waals surface area contributed by atoms with Crippen LogP contribution < -0.4 is 0 Å². The summed E-state index contributed by atoms with van der Waals surface area (Å²) in [6.45, 7) is 1.99. The third-order valence-corrected chi connectivity index (χ3v) is 2.94. The van der Waals surface area contributed by atoms with E-state index < -0.39 is 0 Å². The molecule has 0 radical (unpaired) electrons. The Morgan fingerprint density at radius 3 is 2.42 bits per heavy atom. The van der Waals surface area contributed by atoms with Crippen LogP contribution in [0.25, 0.3) is 0 Å². The van der Waals surface area contributed by atoms with E-state index in [0.717, 1.165) is 5.57 Å². The average Bonchev–Trinajstić information content (AvgIpc) is 2.88. The monoisotopic (exact) mass is 205 g/mol. The highest BCUT2D eigenvalue weighted by Gasteiger charge is 2.27. The Morgan fingerprint density at radius 1 is 1.50 bits per heavy atom. The van der Waals surface area contributed by atoms with Crippen LogP contribution in [0.4, 0.5) is 0 Å². The molecule has 0 spiro atoms. The maximum Gasteiger partial charge on any atom is 0.126 e. The molecule has 1 aliphatic rings.